The number of carbonyl (C=O) groups is 1. The summed E-state index contributed by atoms with van der Waals surface area (Å²) < 4.78 is 14.0. The van der Waals surface area contributed by atoms with E-state index in [1.54, 1.807) is 12.1 Å². The van der Waals surface area contributed by atoms with Crippen LogP contribution in [0.4, 0.5) is 4.39 Å². The molecule has 1 aromatic rings. The molecule has 1 amide bonds. The lowest BCUT2D eigenvalue weighted by atomic mass is 10.2. The van der Waals surface area contributed by atoms with Crippen molar-refractivity contribution < 1.29 is 9.18 Å². The van der Waals surface area contributed by atoms with Crippen molar-refractivity contribution in [3.05, 3.63) is 34.1 Å². The zero-order valence-electron chi connectivity index (χ0n) is 9.54. The molecule has 0 saturated heterocycles. The molecule has 0 unspecified atom stereocenters. The number of benzene rings is 1. The lowest BCUT2D eigenvalue weighted by Crippen LogP contribution is -2.32. The number of nitrogens with zero attached hydrogens (tertiary/aromatic N) is 1. The van der Waals surface area contributed by atoms with E-state index in [-0.39, 0.29) is 22.5 Å². The van der Waals surface area contributed by atoms with Crippen LogP contribution in [0.3, 0.4) is 0 Å². The molecule has 0 aliphatic heterocycles. The number of hydrogen-bond acceptors (Lipinski definition) is 1. The summed E-state index contributed by atoms with van der Waals surface area (Å²) in [6, 6.07) is 4.64. The maximum Gasteiger partial charge on any atom is 0.257 e. The van der Waals surface area contributed by atoms with E-state index >= 15 is 0 Å². The third kappa shape index (κ3) is 3.31. The summed E-state index contributed by atoms with van der Waals surface area (Å²) in [6.45, 7) is 2.65. The van der Waals surface area contributed by atoms with Crippen molar-refractivity contribution in [1.29, 1.82) is 0 Å². The van der Waals surface area contributed by atoms with Gasteiger partial charge in [0, 0.05) is 6.54 Å². The van der Waals surface area contributed by atoms with Crippen molar-refractivity contribution in [2.75, 3.05) is 13.1 Å². The molecule has 1 rings (SSSR count). The Balaban J connectivity index is 3.01. The first kappa shape index (κ1) is 13.7. The molecule has 0 aliphatic carbocycles. The minimum absolute atomic E-state index is 0.0445. The first-order valence-electron chi connectivity index (χ1n) is 5.28. The molecule has 17 heavy (non-hydrogen) atoms. The standard InChI is InChI=1S/C13H13BrFNO/c1-3-8-16(9-4-2)13(17)10-6-5-7-11(14)12(10)15/h1,5-7H,4,8-9H2,2H3. The van der Waals surface area contributed by atoms with E-state index in [9.17, 15) is 9.18 Å². The highest BCUT2D eigenvalue weighted by molar-refractivity contribution is 9.10. The SMILES string of the molecule is C#CCN(CCC)C(=O)c1cccc(Br)c1F. The van der Waals surface area contributed by atoms with E-state index in [0.29, 0.717) is 6.54 Å². The summed E-state index contributed by atoms with van der Waals surface area (Å²) in [5, 5.41) is 0. The van der Waals surface area contributed by atoms with Crippen LogP contribution in [0.5, 0.6) is 0 Å². The molecule has 0 heterocycles. The highest BCUT2D eigenvalue weighted by Crippen LogP contribution is 2.19. The lowest BCUT2D eigenvalue weighted by molar-refractivity contribution is 0.0772. The molecule has 0 spiro atoms. The number of carbonyl (C=O) groups excluding carboxylic acids is 1. The first-order valence-corrected chi connectivity index (χ1v) is 6.07. The average molecular weight is 298 g/mol. The second kappa shape index (κ2) is 6.41. The Hall–Kier alpha value is -1.34. The average Bonchev–Trinajstić information content (AvgIpc) is 2.31. The topological polar surface area (TPSA) is 20.3 Å². The van der Waals surface area contributed by atoms with Gasteiger partial charge in [-0.1, -0.05) is 18.9 Å². The summed E-state index contributed by atoms with van der Waals surface area (Å²) in [4.78, 5) is 13.5. The van der Waals surface area contributed by atoms with E-state index in [4.69, 9.17) is 6.42 Å². The summed E-state index contributed by atoms with van der Waals surface area (Å²) in [5.41, 5.74) is 0.0445. The van der Waals surface area contributed by atoms with Crippen molar-refractivity contribution in [3.63, 3.8) is 0 Å². The van der Waals surface area contributed by atoms with Gasteiger partial charge in [0.2, 0.25) is 0 Å². The fraction of sp³-hybridized carbons (Fsp3) is 0.308. The van der Waals surface area contributed by atoms with Crippen molar-refractivity contribution in [3.8, 4) is 12.3 Å². The van der Waals surface area contributed by atoms with Gasteiger partial charge >= 0.3 is 0 Å². The molecule has 1 aromatic carbocycles. The maximum absolute atomic E-state index is 13.7. The zero-order chi connectivity index (χ0) is 12.8. The van der Waals surface area contributed by atoms with Gasteiger partial charge in [-0.15, -0.1) is 6.42 Å². The summed E-state index contributed by atoms with van der Waals surface area (Å²) >= 11 is 3.06. The number of terminal acetylenes is 1. The van der Waals surface area contributed by atoms with Crippen LogP contribution in [0.1, 0.15) is 23.7 Å². The Labute approximate surface area is 109 Å². The summed E-state index contributed by atoms with van der Waals surface area (Å²) in [5.74, 6) is 1.49. The number of rotatable bonds is 4. The van der Waals surface area contributed by atoms with Crippen molar-refractivity contribution in [2.24, 2.45) is 0 Å². The van der Waals surface area contributed by atoms with Gasteiger partial charge in [0.25, 0.3) is 5.91 Å². The lowest BCUT2D eigenvalue weighted by Gasteiger charge is -2.19. The molecule has 2 nitrogen and oxygen atoms in total. The van der Waals surface area contributed by atoms with Crippen LogP contribution in [0.25, 0.3) is 0 Å². The smallest absolute Gasteiger partial charge is 0.257 e. The quantitative estimate of drug-likeness (QED) is 0.782. The fourth-order valence-corrected chi connectivity index (χ4v) is 1.84. The van der Waals surface area contributed by atoms with E-state index in [1.165, 1.54) is 11.0 Å². The van der Waals surface area contributed by atoms with Gasteiger partial charge < -0.3 is 4.90 Å². The van der Waals surface area contributed by atoms with Crippen LogP contribution in [-0.4, -0.2) is 23.9 Å². The molecule has 0 fully saturated rings. The number of amides is 1. The highest BCUT2D eigenvalue weighted by atomic mass is 79.9. The Morgan fingerprint density at radius 1 is 1.59 bits per heavy atom. The molecule has 0 atom stereocenters. The Kier molecular flexibility index (Phi) is 5.17. The third-order valence-corrected chi connectivity index (χ3v) is 2.86. The van der Waals surface area contributed by atoms with E-state index < -0.39 is 5.82 Å². The molecule has 0 aliphatic rings. The molecular weight excluding hydrogens is 285 g/mol. The second-order valence-electron chi connectivity index (χ2n) is 3.53. The van der Waals surface area contributed by atoms with Crippen LogP contribution in [0.15, 0.2) is 22.7 Å². The van der Waals surface area contributed by atoms with Crippen LogP contribution in [0, 0.1) is 18.2 Å². The molecule has 0 bridgehead atoms. The molecule has 0 aromatic heterocycles. The Morgan fingerprint density at radius 3 is 2.88 bits per heavy atom. The van der Waals surface area contributed by atoms with Gasteiger partial charge in [0.05, 0.1) is 16.6 Å². The van der Waals surface area contributed by atoms with Gasteiger partial charge in [-0.2, -0.15) is 0 Å². The third-order valence-electron chi connectivity index (χ3n) is 2.24. The largest absolute Gasteiger partial charge is 0.327 e. The number of halogens is 2. The van der Waals surface area contributed by atoms with E-state index in [1.807, 2.05) is 6.92 Å². The predicted molar refractivity (Wildman–Crippen MR) is 69.1 cm³/mol. The van der Waals surface area contributed by atoms with Crippen LogP contribution in [0.2, 0.25) is 0 Å². The van der Waals surface area contributed by atoms with Crippen molar-refractivity contribution >= 4 is 21.8 Å². The van der Waals surface area contributed by atoms with Gasteiger partial charge in [-0.25, -0.2) is 4.39 Å². The zero-order valence-corrected chi connectivity index (χ0v) is 11.1. The van der Waals surface area contributed by atoms with E-state index in [0.717, 1.165) is 6.42 Å². The van der Waals surface area contributed by atoms with Gasteiger partial charge in [-0.3, -0.25) is 4.79 Å². The minimum Gasteiger partial charge on any atom is -0.327 e. The monoisotopic (exact) mass is 297 g/mol. The van der Waals surface area contributed by atoms with Gasteiger partial charge in [0.1, 0.15) is 5.82 Å². The first-order chi connectivity index (χ1) is 8.11. The Morgan fingerprint density at radius 2 is 2.29 bits per heavy atom. The fourth-order valence-electron chi connectivity index (χ4n) is 1.47. The molecule has 0 radical (unpaired) electrons. The van der Waals surface area contributed by atoms with Gasteiger partial charge in [0.15, 0.2) is 0 Å². The van der Waals surface area contributed by atoms with Gasteiger partial charge in [-0.05, 0) is 34.5 Å². The Bertz CT molecular complexity index is 453. The molecule has 0 saturated carbocycles. The molecular formula is C13H13BrFNO. The minimum atomic E-state index is -0.546. The summed E-state index contributed by atoms with van der Waals surface area (Å²) in [6.07, 6.45) is 5.98. The molecule has 90 valence electrons. The van der Waals surface area contributed by atoms with Crippen LogP contribution >= 0.6 is 15.9 Å². The highest BCUT2D eigenvalue weighted by Gasteiger charge is 2.19. The van der Waals surface area contributed by atoms with Crippen LogP contribution in [-0.2, 0) is 0 Å². The molecule has 0 N–H and O–H groups in total. The number of hydrogen-bond donors (Lipinski definition) is 0. The predicted octanol–water partition coefficient (Wildman–Crippen LogP) is 3.07. The van der Waals surface area contributed by atoms with E-state index in [2.05, 4.69) is 21.9 Å². The second-order valence-corrected chi connectivity index (χ2v) is 4.39. The normalized spacial score (nSPS) is 9.76. The van der Waals surface area contributed by atoms with Crippen molar-refractivity contribution in [1.82, 2.24) is 4.90 Å². The van der Waals surface area contributed by atoms with Crippen molar-refractivity contribution in [2.45, 2.75) is 13.3 Å². The maximum atomic E-state index is 13.7. The van der Waals surface area contributed by atoms with Crippen LogP contribution < -0.4 is 0 Å². The summed E-state index contributed by atoms with van der Waals surface area (Å²) in [7, 11) is 0. The molecule has 4 heteroatoms.